The molecule has 0 bridgehead atoms. The minimum Gasteiger partial charge on any atom is -0.466 e. The highest BCUT2D eigenvalue weighted by Crippen LogP contribution is 2.44. The number of aryl methyl sites for hydroxylation is 1. The van der Waals surface area contributed by atoms with Crippen molar-refractivity contribution in [1.29, 1.82) is 0 Å². The van der Waals surface area contributed by atoms with Gasteiger partial charge in [0.05, 0.1) is 18.5 Å². The zero-order valence-corrected chi connectivity index (χ0v) is 18.8. The molecule has 1 heterocycles. The summed E-state index contributed by atoms with van der Waals surface area (Å²) in [6.07, 6.45) is 6.48. The topological polar surface area (TPSA) is 42.4 Å². The predicted octanol–water partition coefficient (Wildman–Crippen LogP) is 5.66. The Hall–Kier alpha value is -2.43. The van der Waals surface area contributed by atoms with Gasteiger partial charge in [-0.05, 0) is 68.4 Å². The second kappa shape index (κ2) is 9.15. The Morgan fingerprint density at radius 1 is 1.30 bits per heavy atom. The quantitative estimate of drug-likeness (QED) is 0.574. The lowest BCUT2D eigenvalue weighted by atomic mass is 9.68. The maximum atomic E-state index is 13.7. The molecule has 1 aliphatic rings. The first-order chi connectivity index (χ1) is 14.2. The Labute approximate surface area is 179 Å². The minimum atomic E-state index is -0.224. The molecule has 5 heteroatoms. The summed E-state index contributed by atoms with van der Waals surface area (Å²) in [5, 5.41) is 0. The van der Waals surface area contributed by atoms with Crippen LogP contribution in [0.1, 0.15) is 57.2 Å². The maximum Gasteiger partial charge on any atom is 0.306 e. The van der Waals surface area contributed by atoms with Crippen LogP contribution in [0.5, 0.6) is 0 Å². The van der Waals surface area contributed by atoms with Crippen LogP contribution in [0, 0.1) is 18.7 Å². The standard InChI is InChI=1S/C25H33FN2O2/c1-6-30-24(29)13-18-8-7-11-25(3,15-18)23-14-21(22(16-27-23)28(4)5)20-10-9-19(26)12-17(20)2/h9-10,12,14,16,18H,6-8,11,13,15H2,1-5H3. The number of nitrogens with zero attached hydrogens (tertiary/aromatic N) is 2. The molecule has 3 rings (SSSR count). The number of carbonyl (C=O) groups excluding carboxylic acids is 1. The number of carbonyl (C=O) groups is 1. The van der Waals surface area contributed by atoms with E-state index >= 15 is 0 Å². The molecule has 0 N–H and O–H groups in total. The normalized spacial score (nSPS) is 21.3. The van der Waals surface area contributed by atoms with Crippen molar-refractivity contribution in [3.05, 3.63) is 47.5 Å². The summed E-state index contributed by atoms with van der Waals surface area (Å²) in [6, 6.07) is 7.11. The van der Waals surface area contributed by atoms with Gasteiger partial charge in [-0.25, -0.2) is 4.39 Å². The number of ether oxygens (including phenoxy) is 1. The van der Waals surface area contributed by atoms with Crippen molar-refractivity contribution in [3.63, 3.8) is 0 Å². The van der Waals surface area contributed by atoms with Crippen molar-refractivity contribution in [1.82, 2.24) is 4.98 Å². The lowest BCUT2D eigenvalue weighted by Gasteiger charge is -2.38. The van der Waals surface area contributed by atoms with Crippen molar-refractivity contribution < 1.29 is 13.9 Å². The number of esters is 1. The molecule has 2 unspecified atom stereocenters. The van der Waals surface area contributed by atoms with E-state index in [9.17, 15) is 9.18 Å². The second-order valence-electron chi connectivity index (χ2n) is 8.97. The molecule has 4 nitrogen and oxygen atoms in total. The number of benzene rings is 1. The van der Waals surface area contributed by atoms with Crippen molar-refractivity contribution in [3.8, 4) is 11.1 Å². The summed E-state index contributed by atoms with van der Waals surface area (Å²) >= 11 is 0. The highest BCUT2D eigenvalue weighted by Gasteiger charge is 2.36. The third-order valence-corrected chi connectivity index (χ3v) is 6.30. The van der Waals surface area contributed by atoms with Crippen LogP contribution in [0.4, 0.5) is 10.1 Å². The van der Waals surface area contributed by atoms with Crippen molar-refractivity contribution in [2.45, 2.75) is 58.3 Å². The van der Waals surface area contributed by atoms with E-state index < -0.39 is 0 Å². The lowest BCUT2D eigenvalue weighted by Crippen LogP contribution is -2.32. The van der Waals surface area contributed by atoms with E-state index in [2.05, 4.69) is 13.0 Å². The highest BCUT2D eigenvalue weighted by molar-refractivity contribution is 5.80. The number of aromatic nitrogens is 1. The summed E-state index contributed by atoms with van der Waals surface area (Å²) in [5.74, 6) is -0.0163. The first-order valence-electron chi connectivity index (χ1n) is 10.8. The molecule has 0 saturated heterocycles. The number of hydrogen-bond acceptors (Lipinski definition) is 4. The smallest absolute Gasteiger partial charge is 0.306 e. The van der Waals surface area contributed by atoms with E-state index in [1.807, 2.05) is 45.1 Å². The molecule has 30 heavy (non-hydrogen) atoms. The summed E-state index contributed by atoms with van der Waals surface area (Å²) in [5.41, 5.74) is 4.95. The van der Waals surface area contributed by atoms with Crippen LogP contribution in [0.25, 0.3) is 11.1 Å². The van der Waals surface area contributed by atoms with Crippen LogP contribution < -0.4 is 4.90 Å². The number of pyridine rings is 1. The molecular weight excluding hydrogens is 379 g/mol. The van der Waals surface area contributed by atoms with Gasteiger partial charge in [0.2, 0.25) is 0 Å². The van der Waals surface area contributed by atoms with Gasteiger partial charge >= 0.3 is 5.97 Å². The van der Waals surface area contributed by atoms with E-state index in [4.69, 9.17) is 9.72 Å². The van der Waals surface area contributed by atoms with Gasteiger partial charge in [-0.3, -0.25) is 9.78 Å². The second-order valence-corrected chi connectivity index (χ2v) is 8.97. The average Bonchev–Trinajstić information content (AvgIpc) is 2.67. The predicted molar refractivity (Wildman–Crippen MR) is 119 cm³/mol. The first kappa shape index (κ1) is 22.3. The summed E-state index contributed by atoms with van der Waals surface area (Å²) in [7, 11) is 3.99. The minimum absolute atomic E-state index is 0.0943. The molecule has 1 aliphatic carbocycles. The third-order valence-electron chi connectivity index (χ3n) is 6.30. The van der Waals surface area contributed by atoms with Crippen LogP contribution in [0.3, 0.4) is 0 Å². The molecule has 2 aromatic rings. The Morgan fingerprint density at radius 2 is 2.07 bits per heavy atom. The largest absolute Gasteiger partial charge is 0.466 e. The molecule has 0 amide bonds. The van der Waals surface area contributed by atoms with Crippen LogP contribution in [-0.4, -0.2) is 31.7 Å². The summed E-state index contributed by atoms with van der Waals surface area (Å²) < 4.78 is 18.9. The summed E-state index contributed by atoms with van der Waals surface area (Å²) in [4.78, 5) is 18.9. The number of rotatable bonds is 6. The molecule has 1 fully saturated rings. The van der Waals surface area contributed by atoms with Crippen molar-refractivity contribution in [2.24, 2.45) is 5.92 Å². The Balaban J connectivity index is 1.96. The average molecular weight is 413 g/mol. The monoisotopic (exact) mass is 412 g/mol. The van der Waals surface area contributed by atoms with E-state index in [0.29, 0.717) is 18.9 Å². The van der Waals surface area contributed by atoms with Crippen molar-refractivity contribution in [2.75, 3.05) is 25.6 Å². The zero-order chi connectivity index (χ0) is 21.9. The molecule has 0 spiro atoms. The number of halogens is 1. The van der Waals surface area contributed by atoms with Gasteiger partial charge in [0, 0.05) is 37.2 Å². The van der Waals surface area contributed by atoms with Gasteiger partial charge in [0.15, 0.2) is 0 Å². The van der Waals surface area contributed by atoms with Gasteiger partial charge in [0.25, 0.3) is 0 Å². The van der Waals surface area contributed by atoms with Crippen LogP contribution in [0.2, 0.25) is 0 Å². The van der Waals surface area contributed by atoms with E-state index in [1.54, 1.807) is 6.07 Å². The molecule has 1 aromatic carbocycles. The fourth-order valence-electron chi connectivity index (χ4n) is 4.76. The van der Waals surface area contributed by atoms with Crippen LogP contribution in [0.15, 0.2) is 30.5 Å². The van der Waals surface area contributed by atoms with Gasteiger partial charge in [-0.15, -0.1) is 0 Å². The number of anilines is 1. The summed E-state index contributed by atoms with van der Waals surface area (Å²) in [6.45, 7) is 6.47. The van der Waals surface area contributed by atoms with Gasteiger partial charge in [-0.1, -0.05) is 19.4 Å². The zero-order valence-electron chi connectivity index (χ0n) is 18.8. The Morgan fingerprint density at radius 3 is 2.73 bits per heavy atom. The Kier molecular flexibility index (Phi) is 6.79. The van der Waals surface area contributed by atoms with Gasteiger partial charge in [-0.2, -0.15) is 0 Å². The maximum absolute atomic E-state index is 13.7. The molecule has 1 aromatic heterocycles. The molecule has 0 aliphatic heterocycles. The van der Waals surface area contributed by atoms with Crippen molar-refractivity contribution >= 4 is 11.7 Å². The molecular formula is C25H33FN2O2. The Bertz CT molecular complexity index is 912. The fourth-order valence-corrected chi connectivity index (χ4v) is 4.76. The van der Waals surface area contributed by atoms with Crippen LogP contribution >= 0.6 is 0 Å². The van der Waals surface area contributed by atoms with E-state index in [-0.39, 0.29) is 17.2 Å². The van der Waals surface area contributed by atoms with E-state index in [0.717, 1.165) is 53.8 Å². The van der Waals surface area contributed by atoms with Crippen LogP contribution in [-0.2, 0) is 14.9 Å². The highest BCUT2D eigenvalue weighted by atomic mass is 19.1. The SMILES string of the molecule is CCOC(=O)CC1CCCC(C)(c2cc(-c3ccc(F)cc3C)c(N(C)C)cn2)C1. The molecule has 2 atom stereocenters. The lowest BCUT2D eigenvalue weighted by molar-refractivity contribution is -0.144. The number of hydrogen-bond donors (Lipinski definition) is 0. The molecule has 1 saturated carbocycles. The third kappa shape index (κ3) is 4.82. The van der Waals surface area contributed by atoms with Gasteiger partial charge < -0.3 is 9.64 Å². The van der Waals surface area contributed by atoms with E-state index in [1.165, 1.54) is 6.07 Å². The molecule has 0 radical (unpaired) electrons. The first-order valence-corrected chi connectivity index (χ1v) is 10.8. The fraction of sp³-hybridized carbons (Fsp3) is 0.520. The molecule has 162 valence electrons. The van der Waals surface area contributed by atoms with Gasteiger partial charge in [0.1, 0.15) is 5.82 Å².